The molecule has 20 heavy (non-hydrogen) atoms. The molecule has 116 valence electrons. The number of hydrogen-bond donors (Lipinski definition) is 4. The lowest BCUT2D eigenvalue weighted by atomic mass is 9.88. The topological polar surface area (TPSA) is 136 Å². The largest absolute Gasteiger partial charge is 0.480 e. The molecule has 0 saturated carbocycles. The quantitative estimate of drug-likeness (QED) is 0.442. The Morgan fingerprint density at radius 2 is 1.80 bits per heavy atom. The minimum absolute atomic E-state index is 0.214. The number of primary amides is 1. The molecule has 0 heterocycles. The van der Waals surface area contributed by atoms with E-state index in [1.807, 2.05) is 0 Å². The maximum atomic E-state index is 11.7. The van der Waals surface area contributed by atoms with E-state index in [4.69, 9.17) is 16.6 Å². The fraction of sp³-hybridized carbons (Fsp3) is 0.769. The Morgan fingerprint density at radius 1 is 1.20 bits per heavy atom. The molecular formula is C13H25N3O4. The van der Waals surface area contributed by atoms with Gasteiger partial charge in [0.2, 0.25) is 11.8 Å². The van der Waals surface area contributed by atoms with Crippen molar-refractivity contribution in [2.45, 2.75) is 45.6 Å². The van der Waals surface area contributed by atoms with Gasteiger partial charge in [-0.2, -0.15) is 0 Å². The predicted molar refractivity (Wildman–Crippen MR) is 74.6 cm³/mol. The average Bonchev–Trinajstić information content (AvgIpc) is 2.32. The van der Waals surface area contributed by atoms with Crippen LogP contribution in [0.2, 0.25) is 0 Å². The summed E-state index contributed by atoms with van der Waals surface area (Å²) in [6.45, 7) is 4.68. The van der Waals surface area contributed by atoms with Crippen LogP contribution in [0, 0.1) is 11.8 Å². The predicted octanol–water partition coefficient (Wildman–Crippen LogP) is -0.168. The van der Waals surface area contributed by atoms with Gasteiger partial charge in [0, 0.05) is 6.42 Å². The average molecular weight is 287 g/mol. The second kappa shape index (κ2) is 9.30. The number of carbonyl (C=O) groups excluding carboxylic acids is 2. The maximum absolute atomic E-state index is 11.7. The number of rotatable bonds is 10. The van der Waals surface area contributed by atoms with E-state index >= 15 is 0 Å². The van der Waals surface area contributed by atoms with Crippen LogP contribution in [-0.4, -0.2) is 35.5 Å². The van der Waals surface area contributed by atoms with Crippen molar-refractivity contribution in [1.29, 1.82) is 0 Å². The summed E-state index contributed by atoms with van der Waals surface area (Å²) in [5.41, 5.74) is 10.5. The van der Waals surface area contributed by atoms with Crippen LogP contribution in [0.3, 0.4) is 0 Å². The summed E-state index contributed by atoms with van der Waals surface area (Å²) in [5.74, 6) is -1.68. The van der Waals surface area contributed by atoms with E-state index in [1.165, 1.54) is 0 Å². The molecule has 0 saturated heterocycles. The van der Waals surface area contributed by atoms with E-state index in [2.05, 4.69) is 19.2 Å². The van der Waals surface area contributed by atoms with Gasteiger partial charge in [0.05, 0.1) is 6.42 Å². The van der Waals surface area contributed by atoms with Crippen molar-refractivity contribution in [1.82, 2.24) is 5.32 Å². The summed E-state index contributed by atoms with van der Waals surface area (Å²) in [6, 6.07) is -1.26. The number of carbonyl (C=O) groups is 3. The monoisotopic (exact) mass is 287 g/mol. The smallest absolute Gasteiger partial charge is 0.326 e. The molecular weight excluding hydrogens is 262 g/mol. The Morgan fingerprint density at radius 3 is 2.20 bits per heavy atom. The molecule has 0 aromatic carbocycles. The third-order valence-corrected chi connectivity index (χ3v) is 3.26. The highest BCUT2D eigenvalue weighted by Gasteiger charge is 2.22. The van der Waals surface area contributed by atoms with E-state index in [9.17, 15) is 14.4 Å². The Kier molecular flexibility index (Phi) is 8.54. The number of amides is 2. The van der Waals surface area contributed by atoms with Gasteiger partial charge >= 0.3 is 5.97 Å². The first kappa shape index (κ1) is 18.4. The Labute approximate surface area is 119 Å². The Balaban J connectivity index is 4.31. The summed E-state index contributed by atoms with van der Waals surface area (Å²) >= 11 is 0. The van der Waals surface area contributed by atoms with Crippen LogP contribution < -0.4 is 16.8 Å². The van der Waals surface area contributed by atoms with Crippen LogP contribution in [0.4, 0.5) is 0 Å². The summed E-state index contributed by atoms with van der Waals surface area (Å²) in [6.07, 6.45) is 1.28. The minimum atomic E-state index is -1.26. The van der Waals surface area contributed by atoms with Gasteiger partial charge < -0.3 is 21.9 Å². The fourth-order valence-corrected chi connectivity index (χ4v) is 2.01. The lowest BCUT2D eigenvalue weighted by Gasteiger charge is -2.20. The van der Waals surface area contributed by atoms with Crippen LogP contribution in [0.15, 0.2) is 0 Å². The van der Waals surface area contributed by atoms with Gasteiger partial charge in [-0.15, -0.1) is 0 Å². The zero-order chi connectivity index (χ0) is 15.7. The number of aliphatic carboxylic acids is 1. The lowest BCUT2D eigenvalue weighted by Crippen LogP contribution is -2.43. The summed E-state index contributed by atoms with van der Waals surface area (Å²) < 4.78 is 0. The number of carboxylic acid groups (broad SMARTS) is 1. The van der Waals surface area contributed by atoms with Crippen molar-refractivity contribution >= 4 is 17.8 Å². The van der Waals surface area contributed by atoms with Crippen molar-refractivity contribution in [2.24, 2.45) is 23.3 Å². The molecule has 0 aliphatic heterocycles. The standard InChI is InChI=1S/C13H25N3O4/c1-8(2)9(5-6-14)3-4-12(18)16-10(13(19)20)7-11(15)17/h8-10H,3-7,14H2,1-2H3,(H2,15,17)(H,16,18)(H,19,20). The molecule has 7 nitrogen and oxygen atoms in total. The van der Waals surface area contributed by atoms with Crippen LogP contribution in [-0.2, 0) is 14.4 Å². The van der Waals surface area contributed by atoms with Crippen molar-refractivity contribution in [3.05, 3.63) is 0 Å². The van der Waals surface area contributed by atoms with Gasteiger partial charge in [-0.25, -0.2) is 4.79 Å². The number of hydrogen-bond acceptors (Lipinski definition) is 4. The van der Waals surface area contributed by atoms with Crippen molar-refractivity contribution in [3.63, 3.8) is 0 Å². The third kappa shape index (κ3) is 7.73. The third-order valence-electron chi connectivity index (χ3n) is 3.26. The Hall–Kier alpha value is -1.63. The summed E-state index contributed by atoms with van der Waals surface area (Å²) in [7, 11) is 0. The van der Waals surface area contributed by atoms with Gasteiger partial charge in [0.1, 0.15) is 6.04 Å². The number of nitrogens with one attached hydrogen (secondary N) is 1. The molecule has 0 fully saturated rings. The van der Waals surface area contributed by atoms with Gasteiger partial charge in [-0.1, -0.05) is 13.8 Å². The van der Waals surface area contributed by atoms with Gasteiger partial charge in [0.15, 0.2) is 0 Å². The molecule has 0 aliphatic rings. The molecule has 0 bridgehead atoms. The molecule has 2 unspecified atom stereocenters. The first-order chi connectivity index (χ1) is 9.27. The second-order valence-corrected chi connectivity index (χ2v) is 5.25. The van der Waals surface area contributed by atoms with Crippen LogP contribution in [0.25, 0.3) is 0 Å². The highest BCUT2D eigenvalue weighted by molar-refractivity contribution is 5.88. The molecule has 0 rings (SSSR count). The van der Waals surface area contributed by atoms with E-state index in [1.54, 1.807) is 0 Å². The summed E-state index contributed by atoms with van der Waals surface area (Å²) in [4.78, 5) is 33.3. The van der Waals surface area contributed by atoms with E-state index < -0.39 is 24.3 Å². The van der Waals surface area contributed by atoms with Crippen molar-refractivity contribution in [3.8, 4) is 0 Å². The van der Waals surface area contributed by atoms with Gasteiger partial charge in [-0.3, -0.25) is 9.59 Å². The molecule has 0 aliphatic carbocycles. The fourth-order valence-electron chi connectivity index (χ4n) is 2.01. The minimum Gasteiger partial charge on any atom is -0.480 e. The molecule has 6 N–H and O–H groups in total. The molecule has 2 atom stereocenters. The van der Waals surface area contributed by atoms with E-state index in [0.29, 0.717) is 24.8 Å². The van der Waals surface area contributed by atoms with Gasteiger partial charge in [0.25, 0.3) is 0 Å². The normalized spacial score (nSPS) is 13.8. The second-order valence-electron chi connectivity index (χ2n) is 5.25. The highest BCUT2D eigenvalue weighted by atomic mass is 16.4. The van der Waals surface area contributed by atoms with Crippen molar-refractivity contribution in [2.75, 3.05) is 6.54 Å². The zero-order valence-corrected chi connectivity index (χ0v) is 12.1. The molecule has 0 aromatic rings. The van der Waals surface area contributed by atoms with Gasteiger partial charge in [-0.05, 0) is 31.2 Å². The molecule has 0 spiro atoms. The number of carboxylic acids is 1. The summed E-state index contributed by atoms with van der Waals surface area (Å²) in [5, 5.41) is 11.2. The Bertz CT molecular complexity index is 345. The molecule has 0 radical (unpaired) electrons. The molecule has 7 heteroatoms. The van der Waals surface area contributed by atoms with E-state index in [0.717, 1.165) is 6.42 Å². The lowest BCUT2D eigenvalue weighted by molar-refractivity contribution is -0.143. The first-order valence-corrected chi connectivity index (χ1v) is 6.78. The van der Waals surface area contributed by atoms with Crippen LogP contribution in [0.1, 0.15) is 39.5 Å². The SMILES string of the molecule is CC(C)C(CCN)CCC(=O)NC(CC(N)=O)C(=O)O. The van der Waals surface area contributed by atoms with Crippen LogP contribution in [0.5, 0.6) is 0 Å². The van der Waals surface area contributed by atoms with Crippen molar-refractivity contribution < 1.29 is 19.5 Å². The zero-order valence-electron chi connectivity index (χ0n) is 12.1. The highest BCUT2D eigenvalue weighted by Crippen LogP contribution is 2.20. The first-order valence-electron chi connectivity index (χ1n) is 6.78. The van der Waals surface area contributed by atoms with E-state index in [-0.39, 0.29) is 12.3 Å². The van der Waals surface area contributed by atoms with Crippen LogP contribution >= 0.6 is 0 Å². The molecule has 0 aromatic heterocycles. The number of nitrogens with two attached hydrogens (primary N) is 2. The maximum Gasteiger partial charge on any atom is 0.326 e. The molecule has 2 amide bonds.